The van der Waals surface area contributed by atoms with Crippen molar-refractivity contribution in [1.29, 1.82) is 0 Å². The van der Waals surface area contributed by atoms with Gasteiger partial charge in [-0.2, -0.15) is 17.0 Å². The van der Waals surface area contributed by atoms with E-state index in [9.17, 15) is 16.8 Å². The Morgan fingerprint density at radius 1 is 1.11 bits per heavy atom. The summed E-state index contributed by atoms with van der Waals surface area (Å²) in [6, 6.07) is 0.0641. The molecule has 2 saturated heterocycles. The summed E-state index contributed by atoms with van der Waals surface area (Å²) < 4.78 is 49.5. The van der Waals surface area contributed by atoms with Crippen LogP contribution in [0.4, 0.5) is 0 Å². The Kier molecular flexibility index (Phi) is 4.22. The molecule has 2 fully saturated rings. The van der Waals surface area contributed by atoms with Crippen LogP contribution in [0, 0.1) is 0 Å². The van der Waals surface area contributed by atoms with E-state index in [1.54, 1.807) is 0 Å². The normalized spacial score (nSPS) is 29.9. The molecule has 2 heterocycles. The summed E-state index contributed by atoms with van der Waals surface area (Å²) in [7, 11) is -3.19. The van der Waals surface area contributed by atoms with E-state index >= 15 is 0 Å². The molecule has 0 N–H and O–H groups in total. The first-order valence-electron chi connectivity index (χ1n) is 6.34. The molecule has 0 amide bonds. The first kappa shape index (κ1) is 15.2. The maximum absolute atomic E-state index is 12.0. The maximum atomic E-state index is 12.0. The van der Waals surface area contributed by atoms with Crippen molar-refractivity contribution in [2.45, 2.75) is 12.5 Å². The summed E-state index contributed by atoms with van der Waals surface area (Å²) in [4.78, 5) is 2.10. The molecular formula is C10H21N3O4S2. The van der Waals surface area contributed by atoms with Gasteiger partial charge in [0.05, 0.1) is 11.5 Å². The number of rotatable bonds is 3. The minimum atomic E-state index is -3.35. The van der Waals surface area contributed by atoms with Crippen molar-refractivity contribution in [3.8, 4) is 0 Å². The van der Waals surface area contributed by atoms with Gasteiger partial charge >= 0.3 is 0 Å². The number of piperazine rings is 1. The molecule has 0 spiro atoms. The largest absolute Gasteiger partial charge is 0.297 e. The van der Waals surface area contributed by atoms with Gasteiger partial charge in [0.25, 0.3) is 10.2 Å². The van der Waals surface area contributed by atoms with Gasteiger partial charge in [0.2, 0.25) is 0 Å². The highest BCUT2D eigenvalue weighted by Gasteiger charge is 2.36. The predicted molar refractivity (Wildman–Crippen MR) is 72.8 cm³/mol. The van der Waals surface area contributed by atoms with Gasteiger partial charge in [-0.15, -0.1) is 0 Å². The minimum absolute atomic E-state index is 0.0641. The van der Waals surface area contributed by atoms with Crippen LogP contribution in [0.3, 0.4) is 0 Å². The predicted octanol–water partition coefficient (Wildman–Crippen LogP) is -1.40. The van der Waals surface area contributed by atoms with Gasteiger partial charge in [-0.3, -0.25) is 4.90 Å². The zero-order chi connectivity index (χ0) is 14.3. The fraction of sp³-hybridized carbons (Fsp3) is 1.00. The molecule has 2 aliphatic rings. The number of nitrogens with zero attached hydrogens (tertiary/aromatic N) is 3. The first-order valence-corrected chi connectivity index (χ1v) is 9.56. The second kappa shape index (κ2) is 5.28. The summed E-state index contributed by atoms with van der Waals surface area (Å²) in [5.41, 5.74) is 0. The smallest absolute Gasteiger partial charge is 0.281 e. The molecule has 0 aromatic heterocycles. The van der Waals surface area contributed by atoms with Crippen LogP contribution in [0.15, 0.2) is 0 Å². The van der Waals surface area contributed by atoms with Gasteiger partial charge in [0, 0.05) is 46.3 Å². The molecule has 2 aliphatic heterocycles. The molecule has 0 aromatic rings. The highest BCUT2D eigenvalue weighted by molar-refractivity contribution is 7.91. The highest BCUT2D eigenvalue weighted by atomic mass is 32.2. The van der Waals surface area contributed by atoms with Crippen molar-refractivity contribution in [2.75, 3.05) is 51.8 Å². The van der Waals surface area contributed by atoms with Crippen LogP contribution >= 0.6 is 0 Å². The summed E-state index contributed by atoms with van der Waals surface area (Å²) in [5.74, 6) is 0.474. The zero-order valence-corrected chi connectivity index (χ0v) is 13.0. The second-order valence-electron chi connectivity index (χ2n) is 5.28. The molecule has 0 saturated carbocycles. The molecular weight excluding hydrogens is 290 g/mol. The molecule has 0 aliphatic carbocycles. The SMILES string of the molecule is CN(C)S(=O)(=O)N1CCN(C2CCS(=O)(=O)C2)CC1. The van der Waals surface area contributed by atoms with Crippen LogP contribution in [-0.2, 0) is 20.0 Å². The summed E-state index contributed by atoms with van der Waals surface area (Å²) >= 11 is 0. The standard InChI is InChI=1S/C10H21N3O4S2/c1-11(2)19(16,17)13-6-4-12(5-7-13)10-3-8-18(14,15)9-10/h10H,3-9H2,1-2H3. The second-order valence-corrected chi connectivity index (χ2v) is 9.65. The zero-order valence-electron chi connectivity index (χ0n) is 11.3. The van der Waals surface area contributed by atoms with Crippen LogP contribution in [-0.4, -0.2) is 88.2 Å². The molecule has 2 rings (SSSR count). The maximum Gasteiger partial charge on any atom is 0.281 e. The Morgan fingerprint density at radius 2 is 1.68 bits per heavy atom. The third kappa shape index (κ3) is 3.27. The van der Waals surface area contributed by atoms with Crippen LogP contribution < -0.4 is 0 Å². The lowest BCUT2D eigenvalue weighted by Gasteiger charge is -2.37. The van der Waals surface area contributed by atoms with E-state index in [1.807, 2.05) is 0 Å². The van der Waals surface area contributed by atoms with E-state index in [-0.39, 0.29) is 17.5 Å². The topological polar surface area (TPSA) is 78.0 Å². The first-order chi connectivity index (χ1) is 8.72. The van der Waals surface area contributed by atoms with Crippen molar-refractivity contribution in [3.63, 3.8) is 0 Å². The quantitative estimate of drug-likeness (QED) is 0.640. The molecule has 9 heteroatoms. The lowest BCUT2D eigenvalue weighted by molar-refractivity contribution is 0.145. The fourth-order valence-corrected chi connectivity index (χ4v) is 5.44. The lowest BCUT2D eigenvalue weighted by Crippen LogP contribution is -2.54. The molecule has 112 valence electrons. The van der Waals surface area contributed by atoms with Gasteiger partial charge in [-0.1, -0.05) is 0 Å². The third-order valence-corrected chi connectivity index (χ3v) is 7.48. The average Bonchev–Trinajstić information content (AvgIpc) is 2.69. The van der Waals surface area contributed by atoms with E-state index in [0.29, 0.717) is 32.6 Å². The van der Waals surface area contributed by atoms with Crippen LogP contribution in [0.2, 0.25) is 0 Å². The molecule has 7 nitrogen and oxygen atoms in total. The number of hydrogen-bond donors (Lipinski definition) is 0. The Bertz CT molecular complexity index is 521. The van der Waals surface area contributed by atoms with Crippen molar-refractivity contribution in [3.05, 3.63) is 0 Å². The Labute approximate surface area is 115 Å². The summed E-state index contributed by atoms with van der Waals surface area (Å²) in [5, 5.41) is 0. The Hall–Kier alpha value is -0.220. The molecule has 1 unspecified atom stereocenters. The highest BCUT2D eigenvalue weighted by Crippen LogP contribution is 2.20. The van der Waals surface area contributed by atoms with Gasteiger partial charge in [0.15, 0.2) is 9.84 Å². The van der Waals surface area contributed by atoms with Crippen molar-refractivity contribution in [1.82, 2.24) is 13.5 Å². The number of sulfone groups is 1. The van der Waals surface area contributed by atoms with E-state index in [4.69, 9.17) is 0 Å². The van der Waals surface area contributed by atoms with E-state index in [2.05, 4.69) is 4.90 Å². The minimum Gasteiger partial charge on any atom is -0.297 e. The number of hydrogen-bond acceptors (Lipinski definition) is 5. The lowest BCUT2D eigenvalue weighted by atomic mass is 10.2. The fourth-order valence-electron chi connectivity index (χ4n) is 2.59. The molecule has 19 heavy (non-hydrogen) atoms. The van der Waals surface area contributed by atoms with Crippen LogP contribution in [0.25, 0.3) is 0 Å². The van der Waals surface area contributed by atoms with Crippen LogP contribution in [0.5, 0.6) is 0 Å². The van der Waals surface area contributed by atoms with E-state index < -0.39 is 20.0 Å². The summed E-state index contributed by atoms with van der Waals surface area (Å²) in [6.07, 6.45) is 0.669. The van der Waals surface area contributed by atoms with Crippen molar-refractivity contribution >= 4 is 20.0 Å². The molecule has 0 aromatic carbocycles. The third-order valence-electron chi connectivity index (χ3n) is 3.79. The van der Waals surface area contributed by atoms with E-state index in [0.717, 1.165) is 0 Å². The van der Waals surface area contributed by atoms with Gasteiger partial charge in [-0.05, 0) is 6.42 Å². The molecule has 0 bridgehead atoms. The Balaban J connectivity index is 1.94. The average molecular weight is 311 g/mol. The van der Waals surface area contributed by atoms with Crippen LogP contribution in [0.1, 0.15) is 6.42 Å². The van der Waals surface area contributed by atoms with Gasteiger partial charge in [0.1, 0.15) is 0 Å². The van der Waals surface area contributed by atoms with Gasteiger partial charge in [-0.25, -0.2) is 8.42 Å². The molecule has 0 radical (unpaired) electrons. The monoisotopic (exact) mass is 311 g/mol. The summed E-state index contributed by atoms with van der Waals surface area (Å²) in [6.45, 7) is 2.06. The Morgan fingerprint density at radius 3 is 2.11 bits per heavy atom. The molecule has 1 atom stereocenters. The van der Waals surface area contributed by atoms with Crippen molar-refractivity contribution < 1.29 is 16.8 Å². The van der Waals surface area contributed by atoms with E-state index in [1.165, 1.54) is 22.7 Å². The van der Waals surface area contributed by atoms with Gasteiger partial charge < -0.3 is 0 Å². The van der Waals surface area contributed by atoms with Crippen molar-refractivity contribution in [2.24, 2.45) is 0 Å².